The quantitative estimate of drug-likeness (QED) is 0.734. The Morgan fingerprint density at radius 2 is 1.72 bits per heavy atom. The van der Waals surface area contributed by atoms with Crippen LogP contribution < -0.4 is 5.73 Å². The summed E-state index contributed by atoms with van der Waals surface area (Å²) in [6.45, 7) is 0. The highest BCUT2D eigenvalue weighted by atomic mass is 16.4. The van der Waals surface area contributed by atoms with Gasteiger partial charge in [-0.3, -0.25) is 4.79 Å². The minimum atomic E-state index is -0.949. The van der Waals surface area contributed by atoms with E-state index in [4.69, 9.17) is 10.8 Å². The molecule has 0 aromatic carbocycles. The second-order valence-electron chi connectivity index (χ2n) is 6.65. The lowest BCUT2D eigenvalue weighted by atomic mass is 9.50. The Bertz CT molecular complexity index is 383. The highest BCUT2D eigenvalue weighted by Gasteiger charge is 2.50. The van der Waals surface area contributed by atoms with Crippen LogP contribution in [0.2, 0.25) is 0 Å². The number of carboxylic acids is 1. The van der Waals surface area contributed by atoms with Crippen LogP contribution in [0.4, 0.5) is 0 Å². The zero-order valence-electron chi connectivity index (χ0n) is 10.7. The van der Waals surface area contributed by atoms with Crippen LogP contribution >= 0.6 is 0 Å². The summed E-state index contributed by atoms with van der Waals surface area (Å²) >= 11 is 0. The lowest BCUT2D eigenvalue weighted by Gasteiger charge is -2.54. The summed E-state index contributed by atoms with van der Waals surface area (Å²) in [6.07, 6.45) is 8.26. The fourth-order valence-electron chi connectivity index (χ4n) is 4.70. The van der Waals surface area contributed by atoms with Crippen molar-refractivity contribution in [3.05, 3.63) is 0 Å². The van der Waals surface area contributed by atoms with E-state index >= 15 is 0 Å². The summed E-state index contributed by atoms with van der Waals surface area (Å²) in [7, 11) is 0. The molecule has 4 aliphatic rings. The number of hydrogen-bond donors (Lipinski definition) is 2. The van der Waals surface area contributed by atoms with Gasteiger partial charge in [0.1, 0.15) is 6.04 Å². The number of carboxylic acid groups (broad SMARTS) is 1. The Morgan fingerprint density at radius 3 is 2.17 bits per heavy atom. The molecular formula is C15H21NO2. The molecule has 0 spiro atoms. The Balaban J connectivity index is 1.69. The van der Waals surface area contributed by atoms with E-state index in [9.17, 15) is 4.79 Å². The van der Waals surface area contributed by atoms with Crippen molar-refractivity contribution < 1.29 is 9.90 Å². The van der Waals surface area contributed by atoms with Crippen LogP contribution in [-0.4, -0.2) is 17.1 Å². The van der Waals surface area contributed by atoms with Gasteiger partial charge in [-0.1, -0.05) is 5.92 Å². The molecule has 0 amide bonds. The van der Waals surface area contributed by atoms with E-state index in [0.29, 0.717) is 0 Å². The van der Waals surface area contributed by atoms with Crippen LogP contribution in [0.25, 0.3) is 0 Å². The summed E-state index contributed by atoms with van der Waals surface area (Å²) in [5.74, 6) is 8.20. The van der Waals surface area contributed by atoms with Gasteiger partial charge in [0.15, 0.2) is 0 Å². The van der Waals surface area contributed by atoms with E-state index in [1.165, 1.54) is 38.5 Å². The van der Waals surface area contributed by atoms with Crippen LogP contribution in [-0.2, 0) is 4.79 Å². The van der Waals surface area contributed by atoms with E-state index in [0.717, 1.165) is 17.8 Å². The van der Waals surface area contributed by atoms with E-state index in [2.05, 4.69) is 11.8 Å². The Labute approximate surface area is 108 Å². The Morgan fingerprint density at radius 1 is 1.22 bits per heavy atom. The molecule has 0 saturated heterocycles. The molecule has 0 radical (unpaired) electrons. The number of rotatable bonds is 2. The maximum absolute atomic E-state index is 10.7. The van der Waals surface area contributed by atoms with Crippen molar-refractivity contribution in [1.82, 2.24) is 0 Å². The molecule has 4 bridgehead atoms. The van der Waals surface area contributed by atoms with E-state index in [-0.39, 0.29) is 11.8 Å². The maximum Gasteiger partial charge on any atom is 0.321 e. The Kier molecular flexibility index (Phi) is 2.86. The standard InChI is InChI=1S/C15H21NO2/c16-13(14(17)18)2-1-3-15-7-10-4-11(8-15)6-12(5-10)9-15/h10-13H,2,4-9,16H2,(H,17,18). The minimum absolute atomic E-state index is 0.215. The van der Waals surface area contributed by atoms with Crippen LogP contribution in [0.15, 0.2) is 0 Å². The summed E-state index contributed by atoms with van der Waals surface area (Å²) in [5.41, 5.74) is 5.71. The van der Waals surface area contributed by atoms with Gasteiger partial charge in [-0.05, 0) is 56.3 Å². The lowest BCUT2D eigenvalue weighted by molar-refractivity contribution is -0.138. The fraction of sp³-hybridized carbons (Fsp3) is 0.800. The van der Waals surface area contributed by atoms with Crippen molar-refractivity contribution in [2.45, 2.75) is 51.0 Å². The zero-order chi connectivity index (χ0) is 12.8. The number of carbonyl (C=O) groups is 1. The molecule has 4 aliphatic carbocycles. The SMILES string of the molecule is NC(CC#CC12CC3CC(CC(C3)C1)C2)C(=O)O. The third-order valence-electron chi connectivity index (χ3n) is 5.03. The highest BCUT2D eigenvalue weighted by molar-refractivity contribution is 5.73. The van der Waals surface area contributed by atoms with Gasteiger partial charge in [-0.2, -0.15) is 0 Å². The van der Waals surface area contributed by atoms with Gasteiger partial charge in [0.25, 0.3) is 0 Å². The zero-order valence-corrected chi connectivity index (χ0v) is 10.7. The molecule has 3 heteroatoms. The predicted molar refractivity (Wildman–Crippen MR) is 68.6 cm³/mol. The molecule has 0 heterocycles. The summed E-state index contributed by atoms with van der Waals surface area (Å²) in [6, 6.07) is -0.827. The van der Waals surface area contributed by atoms with Gasteiger partial charge in [-0.25, -0.2) is 0 Å². The molecule has 3 N–H and O–H groups in total. The predicted octanol–water partition coefficient (Wildman–Crippen LogP) is 2.01. The van der Waals surface area contributed by atoms with E-state index in [1.54, 1.807) is 0 Å². The van der Waals surface area contributed by atoms with E-state index < -0.39 is 12.0 Å². The molecule has 0 aromatic heterocycles. The first-order valence-electron chi connectivity index (χ1n) is 7.05. The van der Waals surface area contributed by atoms with Gasteiger partial charge < -0.3 is 10.8 Å². The van der Waals surface area contributed by atoms with Crippen LogP contribution in [0.3, 0.4) is 0 Å². The topological polar surface area (TPSA) is 63.3 Å². The van der Waals surface area contributed by atoms with Gasteiger partial charge in [0.05, 0.1) is 0 Å². The molecule has 1 atom stereocenters. The van der Waals surface area contributed by atoms with Crippen LogP contribution in [0.1, 0.15) is 44.9 Å². The van der Waals surface area contributed by atoms with Crippen molar-refractivity contribution in [3.8, 4) is 11.8 Å². The first-order chi connectivity index (χ1) is 8.56. The van der Waals surface area contributed by atoms with Gasteiger partial charge in [-0.15, -0.1) is 5.92 Å². The van der Waals surface area contributed by atoms with Crippen molar-refractivity contribution in [2.75, 3.05) is 0 Å². The molecule has 0 aliphatic heterocycles. The molecule has 18 heavy (non-hydrogen) atoms. The maximum atomic E-state index is 10.7. The molecule has 98 valence electrons. The molecule has 4 fully saturated rings. The molecule has 4 rings (SSSR count). The van der Waals surface area contributed by atoms with Crippen molar-refractivity contribution in [2.24, 2.45) is 28.9 Å². The highest BCUT2D eigenvalue weighted by Crippen LogP contribution is 2.59. The van der Waals surface area contributed by atoms with Gasteiger partial charge in [0.2, 0.25) is 0 Å². The van der Waals surface area contributed by atoms with Gasteiger partial charge >= 0.3 is 5.97 Å². The normalized spacial score (nSPS) is 42.2. The smallest absolute Gasteiger partial charge is 0.321 e. The van der Waals surface area contributed by atoms with Crippen molar-refractivity contribution >= 4 is 5.97 Å². The molecule has 4 saturated carbocycles. The van der Waals surface area contributed by atoms with Gasteiger partial charge in [0, 0.05) is 11.8 Å². The third-order valence-corrected chi connectivity index (χ3v) is 5.03. The summed E-state index contributed by atoms with van der Waals surface area (Å²) in [4.78, 5) is 10.7. The second-order valence-corrected chi connectivity index (χ2v) is 6.65. The minimum Gasteiger partial charge on any atom is -0.480 e. The number of hydrogen-bond acceptors (Lipinski definition) is 2. The van der Waals surface area contributed by atoms with Crippen LogP contribution in [0.5, 0.6) is 0 Å². The average molecular weight is 247 g/mol. The summed E-state index contributed by atoms with van der Waals surface area (Å²) < 4.78 is 0. The Hall–Kier alpha value is -1.01. The lowest BCUT2D eigenvalue weighted by Crippen LogP contribution is -2.45. The second kappa shape index (κ2) is 4.28. The molecule has 1 unspecified atom stereocenters. The average Bonchev–Trinajstić information content (AvgIpc) is 2.26. The third kappa shape index (κ3) is 2.14. The van der Waals surface area contributed by atoms with Crippen molar-refractivity contribution in [1.29, 1.82) is 0 Å². The van der Waals surface area contributed by atoms with Crippen molar-refractivity contribution in [3.63, 3.8) is 0 Å². The first-order valence-corrected chi connectivity index (χ1v) is 7.05. The number of nitrogens with two attached hydrogens (primary N) is 1. The first kappa shape index (κ1) is 12.0. The molecule has 0 aromatic rings. The van der Waals surface area contributed by atoms with Crippen LogP contribution in [0, 0.1) is 35.0 Å². The summed E-state index contributed by atoms with van der Waals surface area (Å²) in [5, 5.41) is 8.75. The largest absolute Gasteiger partial charge is 0.480 e. The fourth-order valence-corrected chi connectivity index (χ4v) is 4.70. The molecular weight excluding hydrogens is 226 g/mol. The monoisotopic (exact) mass is 247 g/mol. The number of aliphatic carboxylic acids is 1. The molecule has 3 nitrogen and oxygen atoms in total. The van der Waals surface area contributed by atoms with E-state index in [1.807, 2.05) is 0 Å².